The summed E-state index contributed by atoms with van der Waals surface area (Å²) in [7, 11) is 0. The lowest BCUT2D eigenvalue weighted by atomic mass is 9.76. The molecule has 25 aromatic rings. The molecule has 0 bridgehead atoms. The minimum absolute atomic E-state index is 0.0351. The van der Waals surface area contributed by atoms with E-state index in [0.29, 0.717) is 0 Å². The van der Waals surface area contributed by atoms with Gasteiger partial charge in [-0.05, 0) is 287 Å². The Kier molecular flexibility index (Phi) is 20.8. The van der Waals surface area contributed by atoms with E-state index in [1.807, 2.05) is 0 Å². The van der Waals surface area contributed by atoms with Crippen LogP contribution in [0.25, 0.3) is 230 Å². The van der Waals surface area contributed by atoms with Crippen molar-refractivity contribution < 1.29 is 0 Å². The van der Waals surface area contributed by atoms with Crippen LogP contribution in [0, 0.1) is 0 Å². The van der Waals surface area contributed by atoms with Crippen LogP contribution in [0.4, 0.5) is 0 Å². The Morgan fingerprint density at radius 3 is 0.764 bits per heavy atom. The Hall–Kier alpha value is -17.2. The Balaban J connectivity index is 0.0000000981. The largest absolute Gasteiger partial charge is 0.0622 e. The lowest BCUT2D eigenvalue weighted by Gasteiger charge is -2.26. The molecule has 0 heterocycles. The normalized spacial score (nSPS) is 13.6. The third kappa shape index (κ3) is 13.6. The highest BCUT2D eigenvalue weighted by Gasteiger charge is 2.43. The van der Waals surface area contributed by atoms with Gasteiger partial charge >= 0.3 is 0 Å². The highest BCUT2D eigenvalue weighted by Crippen LogP contribution is 2.62. The quantitative estimate of drug-likeness (QED) is 0.133. The van der Waals surface area contributed by atoms with Crippen LogP contribution in [0.2, 0.25) is 0 Å². The third-order valence-corrected chi connectivity index (χ3v) is 32.4. The predicted octanol–water partition coefficient (Wildman–Crippen LogP) is 39.7. The van der Waals surface area contributed by atoms with E-state index in [-0.39, 0.29) is 21.7 Å². The molecule has 0 heteroatoms. The fourth-order valence-corrected chi connectivity index (χ4v) is 26.0. The zero-order valence-corrected chi connectivity index (χ0v) is 82.3. The first-order valence-corrected chi connectivity index (χ1v) is 51.0. The van der Waals surface area contributed by atoms with E-state index >= 15 is 0 Å². The van der Waals surface area contributed by atoms with Crippen molar-refractivity contribution in [3.05, 3.63) is 542 Å². The van der Waals surface area contributed by atoms with Gasteiger partial charge in [0, 0.05) is 21.7 Å². The van der Waals surface area contributed by atoms with Gasteiger partial charge in [0.1, 0.15) is 0 Å². The lowest BCUT2D eigenvalue weighted by Crippen LogP contribution is -2.16. The van der Waals surface area contributed by atoms with Crippen molar-refractivity contribution in [3.63, 3.8) is 0 Å². The topological polar surface area (TPSA) is 0 Å². The number of benzene rings is 25. The summed E-state index contributed by atoms with van der Waals surface area (Å²) in [5, 5.41) is 23.8. The fourth-order valence-electron chi connectivity index (χ4n) is 26.0. The van der Waals surface area contributed by atoms with Crippen LogP contribution in [0.15, 0.2) is 497 Å². The average molecular weight is 1840 g/mol. The maximum Gasteiger partial charge on any atom is 0.0165 e. The van der Waals surface area contributed by atoms with Crippen LogP contribution >= 0.6 is 0 Å². The van der Waals surface area contributed by atoms with Gasteiger partial charge in [0.25, 0.3) is 0 Å². The molecule has 4 aliphatic rings. The fraction of sp³-hybridized carbons (Fsp3) is 0.0833. The Morgan fingerprint density at radius 2 is 0.368 bits per heavy atom. The molecule has 29 rings (SSSR count). The molecule has 0 N–H and O–H groups in total. The third-order valence-electron chi connectivity index (χ3n) is 32.4. The van der Waals surface area contributed by atoms with E-state index in [1.165, 1.54) is 275 Å². The molecule has 0 aromatic heterocycles. The molecule has 0 aliphatic heterocycles. The molecule has 0 saturated carbocycles. The Bertz CT molecular complexity index is 9340. The van der Waals surface area contributed by atoms with Crippen molar-refractivity contribution >= 4 is 97.0 Å². The van der Waals surface area contributed by atoms with Gasteiger partial charge in [-0.3, -0.25) is 0 Å². The molecule has 144 heavy (non-hydrogen) atoms. The molecule has 0 amide bonds. The SMILES string of the molecule is CC1(C)c2ccc3c(-c4ccccc4)c4ccccc4c(-c4ccccc4)c3c2-c2ccc3ccccc3c21.CC1(C)c2ccccc2-c2c1ccc1c(-c3ccccc3)c3ccccc3c(-c3ccccc3)c21.CC1(C)c2ccccc2-c2cc3c(-c4ccccc4)c4ccccc4c(-c4ccccc4)c3cc21.CC1(C)c2ccccc2-c2ccc3c(-c4ccccc4)c4ccccc4c(-c4ccccc4)c3c21. The summed E-state index contributed by atoms with van der Waals surface area (Å²) in [6.07, 6.45) is 0. The molecule has 682 valence electrons. The zero-order chi connectivity index (χ0) is 96.9. The van der Waals surface area contributed by atoms with Crippen LogP contribution < -0.4 is 0 Å². The summed E-state index contributed by atoms with van der Waals surface area (Å²) in [4.78, 5) is 0. The summed E-state index contributed by atoms with van der Waals surface area (Å²) in [6.45, 7) is 19.0. The smallest absolute Gasteiger partial charge is 0.0165 e. The van der Waals surface area contributed by atoms with Crippen LogP contribution in [0.5, 0.6) is 0 Å². The maximum atomic E-state index is 2.49. The van der Waals surface area contributed by atoms with E-state index < -0.39 is 0 Å². The van der Waals surface area contributed by atoms with Crippen LogP contribution in [0.1, 0.15) is 99.9 Å². The van der Waals surface area contributed by atoms with E-state index in [1.54, 1.807) is 0 Å². The number of hydrogen-bond acceptors (Lipinski definition) is 0. The Morgan fingerprint density at radius 1 is 0.118 bits per heavy atom. The van der Waals surface area contributed by atoms with Crippen LogP contribution in [-0.2, 0) is 21.7 Å². The highest BCUT2D eigenvalue weighted by atomic mass is 14.5. The number of rotatable bonds is 8. The molecule has 25 aromatic carbocycles. The maximum absolute atomic E-state index is 2.49. The van der Waals surface area contributed by atoms with Gasteiger partial charge in [-0.1, -0.05) is 541 Å². The summed E-state index contributed by atoms with van der Waals surface area (Å²) < 4.78 is 0. The zero-order valence-electron chi connectivity index (χ0n) is 82.3. The molecule has 0 nitrogen and oxygen atoms in total. The van der Waals surface area contributed by atoms with E-state index in [0.717, 1.165) is 0 Å². The number of hydrogen-bond donors (Lipinski definition) is 0. The number of fused-ring (bicyclic) bond motifs is 25. The average Bonchev–Trinajstić information content (AvgIpc) is 1.49. The molecule has 4 aliphatic carbocycles. The molecule has 0 spiro atoms. The van der Waals surface area contributed by atoms with Gasteiger partial charge in [0.15, 0.2) is 0 Å². The van der Waals surface area contributed by atoms with Crippen molar-refractivity contribution in [2.45, 2.75) is 77.0 Å². The van der Waals surface area contributed by atoms with Gasteiger partial charge in [0.2, 0.25) is 0 Å². The molecule has 0 atom stereocenters. The van der Waals surface area contributed by atoms with Crippen molar-refractivity contribution in [1.82, 2.24) is 0 Å². The second-order valence-electron chi connectivity index (χ2n) is 41.6. The van der Waals surface area contributed by atoms with E-state index in [4.69, 9.17) is 0 Å². The van der Waals surface area contributed by atoms with Gasteiger partial charge in [0.05, 0.1) is 0 Å². The minimum Gasteiger partial charge on any atom is -0.0622 e. The van der Waals surface area contributed by atoms with Crippen molar-refractivity contribution in [1.29, 1.82) is 0 Å². The minimum atomic E-state index is -0.105. The van der Waals surface area contributed by atoms with E-state index in [2.05, 4.69) is 553 Å². The monoisotopic (exact) mass is 1830 g/mol. The first-order chi connectivity index (χ1) is 70.6. The molecule has 0 saturated heterocycles. The summed E-state index contributed by atoms with van der Waals surface area (Å²) in [5.74, 6) is 0. The molecule has 0 unspecified atom stereocenters. The molecular weight excluding hydrogens is 1730 g/mol. The van der Waals surface area contributed by atoms with Crippen molar-refractivity contribution in [2.75, 3.05) is 0 Å². The standard InChI is InChI=1S/C39H28.3C35H26/c1-39(2)33-24-23-31-34(26-14-5-3-6-15-26)29-19-11-12-20-30(29)35(27-16-7-4-8-17-27)37(31)36(33)32-22-21-25-13-9-10-18-28(25)38(32)39;1-35(2)31-20-12-11-17-25(31)28-21-29-30(22-32(28)35)34(24-15-7-4-8-16-24)27-19-10-9-18-26(27)33(29)23-13-5-3-6-14-23;1-35(2)30-20-12-11-17-25(30)28-21-22-29-31(23-13-5-3-6-14-23)26-18-9-10-19-27(26)32(33(29)34(28)35)24-15-7-4-8-16-24;1-35(2)29-20-12-11-19-27(29)33-30(35)22-21-28-31(23-13-5-3-6-14-23)25-17-9-10-18-26(25)32(34(28)33)24-15-7-4-8-16-24/h3-24H,1-2H3;3*3-22H,1-2H3. The van der Waals surface area contributed by atoms with Crippen LogP contribution in [-0.4, -0.2) is 0 Å². The molecule has 0 radical (unpaired) electrons. The van der Waals surface area contributed by atoms with Crippen molar-refractivity contribution in [3.8, 4) is 134 Å². The Labute approximate surface area is 843 Å². The van der Waals surface area contributed by atoms with Crippen LogP contribution in [0.3, 0.4) is 0 Å². The molecular formula is C144H106. The second-order valence-corrected chi connectivity index (χ2v) is 41.6. The van der Waals surface area contributed by atoms with Gasteiger partial charge in [-0.15, -0.1) is 0 Å². The van der Waals surface area contributed by atoms with Gasteiger partial charge in [-0.2, -0.15) is 0 Å². The lowest BCUT2D eigenvalue weighted by molar-refractivity contribution is 0.661. The first kappa shape index (κ1) is 87.1. The van der Waals surface area contributed by atoms with Gasteiger partial charge in [-0.25, -0.2) is 0 Å². The van der Waals surface area contributed by atoms with Crippen molar-refractivity contribution in [2.24, 2.45) is 0 Å². The van der Waals surface area contributed by atoms with Gasteiger partial charge < -0.3 is 0 Å². The summed E-state index contributed by atoms with van der Waals surface area (Å²) in [6, 6.07) is 183. The highest BCUT2D eigenvalue weighted by molar-refractivity contribution is 6.30. The summed E-state index contributed by atoms with van der Waals surface area (Å²) in [5.41, 5.74) is 42.8. The molecule has 0 fully saturated rings. The first-order valence-electron chi connectivity index (χ1n) is 51.0. The van der Waals surface area contributed by atoms with E-state index in [9.17, 15) is 0 Å². The second kappa shape index (κ2) is 34.4. The summed E-state index contributed by atoms with van der Waals surface area (Å²) >= 11 is 0. The predicted molar refractivity (Wildman–Crippen MR) is 617 cm³/mol.